The summed E-state index contributed by atoms with van der Waals surface area (Å²) in [5.41, 5.74) is 2.82. The summed E-state index contributed by atoms with van der Waals surface area (Å²) in [6.07, 6.45) is 1.68. The third-order valence-corrected chi connectivity index (χ3v) is 7.29. The number of thioether (sulfide) groups is 1. The van der Waals surface area contributed by atoms with Crippen LogP contribution in [0.4, 0.5) is 0 Å². The molecule has 4 rings (SSSR count). The smallest absolute Gasteiger partial charge is 0.344 e. The molecule has 0 bridgehead atoms. The summed E-state index contributed by atoms with van der Waals surface area (Å²) in [6.45, 7) is 4.11. The van der Waals surface area contributed by atoms with Gasteiger partial charge in [-0.2, -0.15) is 0 Å². The predicted octanol–water partition coefficient (Wildman–Crippen LogP) is 7.69. The van der Waals surface area contributed by atoms with E-state index < -0.39 is 11.9 Å². The fourth-order valence-corrected chi connectivity index (χ4v) is 5.13. The zero-order valence-electron chi connectivity index (χ0n) is 20.5. The van der Waals surface area contributed by atoms with Gasteiger partial charge in [0.25, 0.3) is 5.91 Å². The number of nitrogens with zero attached hydrogens (tertiary/aromatic N) is 1. The molecule has 0 spiro atoms. The molecule has 9 heteroatoms. The number of aliphatic imine (C=N–C) groups is 1. The maximum Gasteiger partial charge on any atom is 0.344 e. The van der Waals surface area contributed by atoms with Crippen molar-refractivity contribution in [3.05, 3.63) is 115 Å². The maximum absolute atomic E-state index is 12.9. The highest BCUT2D eigenvalue weighted by molar-refractivity contribution is 9.10. The zero-order chi connectivity index (χ0) is 27.2. The Labute approximate surface area is 238 Å². The minimum absolute atomic E-state index is 0.0224. The van der Waals surface area contributed by atoms with E-state index in [1.807, 2.05) is 49.4 Å². The number of carbonyl (C=O) groups excluding carboxylic acids is 2. The van der Waals surface area contributed by atoms with Crippen LogP contribution in [0.3, 0.4) is 0 Å². The summed E-state index contributed by atoms with van der Waals surface area (Å²) in [4.78, 5) is 30.0. The van der Waals surface area contributed by atoms with E-state index in [2.05, 4.69) is 20.9 Å². The van der Waals surface area contributed by atoms with Gasteiger partial charge in [-0.15, -0.1) is 0 Å². The molecule has 0 fully saturated rings. The second-order valence-electron chi connectivity index (χ2n) is 8.21. The molecule has 1 heterocycles. The van der Waals surface area contributed by atoms with E-state index in [4.69, 9.17) is 21.1 Å². The van der Waals surface area contributed by atoms with E-state index in [1.54, 1.807) is 31.2 Å². The van der Waals surface area contributed by atoms with Crippen LogP contribution in [0.15, 0.2) is 92.4 Å². The molecule has 3 aromatic carbocycles. The molecule has 0 aliphatic carbocycles. The Kier molecular flexibility index (Phi) is 9.09. The van der Waals surface area contributed by atoms with Crippen LogP contribution < -0.4 is 4.74 Å². The molecule has 6 nitrogen and oxygen atoms in total. The van der Waals surface area contributed by atoms with Crippen LogP contribution in [0.25, 0.3) is 6.08 Å². The summed E-state index contributed by atoms with van der Waals surface area (Å²) in [5, 5.41) is 11.3. The number of aliphatic hydroxyl groups excluding tert-OH is 1. The first kappa shape index (κ1) is 27.7. The number of esters is 1. The van der Waals surface area contributed by atoms with Crippen molar-refractivity contribution < 1.29 is 24.2 Å². The summed E-state index contributed by atoms with van der Waals surface area (Å²) in [5.74, 6) is -1.18. The molecular weight excluding hydrogens is 590 g/mol. The summed E-state index contributed by atoms with van der Waals surface area (Å²) >= 11 is 10.6. The molecule has 38 heavy (non-hydrogen) atoms. The molecule has 1 N–H and O–H groups in total. The molecule has 1 aliphatic heterocycles. The van der Waals surface area contributed by atoms with E-state index in [9.17, 15) is 14.7 Å². The molecule has 0 saturated heterocycles. The van der Waals surface area contributed by atoms with Crippen molar-refractivity contribution in [2.75, 3.05) is 6.61 Å². The van der Waals surface area contributed by atoms with Gasteiger partial charge in [0.2, 0.25) is 0 Å². The topological polar surface area (TPSA) is 85.2 Å². The minimum atomic E-state index is -0.781. The van der Waals surface area contributed by atoms with Gasteiger partial charge in [-0.25, -0.2) is 9.79 Å². The van der Waals surface area contributed by atoms with Gasteiger partial charge in [0.15, 0.2) is 0 Å². The van der Waals surface area contributed by atoms with Crippen LogP contribution >= 0.6 is 39.3 Å². The Bertz CT molecular complexity index is 1480. The summed E-state index contributed by atoms with van der Waals surface area (Å²) < 4.78 is 12.0. The van der Waals surface area contributed by atoms with Crippen molar-refractivity contribution in [3.63, 3.8) is 0 Å². The van der Waals surface area contributed by atoms with Crippen molar-refractivity contribution in [2.45, 2.75) is 20.5 Å². The van der Waals surface area contributed by atoms with E-state index in [0.29, 0.717) is 22.8 Å². The van der Waals surface area contributed by atoms with Gasteiger partial charge < -0.3 is 14.6 Å². The molecule has 0 saturated carbocycles. The monoisotopic (exact) mass is 611 g/mol. The first-order valence-corrected chi connectivity index (χ1v) is 13.6. The Morgan fingerprint density at radius 2 is 1.84 bits per heavy atom. The van der Waals surface area contributed by atoms with Crippen LogP contribution in [0.2, 0.25) is 5.02 Å². The molecule has 0 atom stereocenters. The lowest BCUT2D eigenvalue weighted by atomic mass is 10.1. The Hall–Kier alpha value is -3.33. The van der Waals surface area contributed by atoms with Gasteiger partial charge in [0, 0.05) is 10.0 Å². The van der Waals surface area contributed by atoms with Crippen LogP contribution in [0.1, 0.15) is 34.0 Å². The molecule has 3 aromatic rings. The third-order valence-electron chi connectivity index (χ3n) is 5.45. The number of aryl methyl sites for hydroxylation is 1. The first-order valence-electron chi connectivity index (χ1n) is 11.6. The number of benzene rings is 3. The highest BCUT2D eigenvalue weighted by atomic mass is 79.9. The van der Waals surface area contributed by atoms with Gasteiger partial charge in [0.1, 0.15) is 28.7 Å². The third kappa shape index (κ3) is 6.56. The van der Waals surface area contributed by atoms with Crippen molar-refractivity contribution in [3.8, 4) is 5.75 Å². The van der Waals surface area contributed by atoms with Crippen molar-refractivity contribution in [1.82, 2.24) is 0 Å². The molecule has 1 amide bonds. The van der Waals surface area contributed by atoms with Gasteiger partial charge in [-0.1, -0.05) is 81.3 Å². The van der Waals surface area contributed by atoms with Crippen molar-refractivity contribution in [1.29, 1.82) is 0 Å². The van der Waals surface area contributed by atoms with Crippen molar-refractivity contribution >= 4 is 62.3 Å². The number of aliphatic hydroxyl groups is 1. The minimum Gasteiger partial charge on any atom is -0.506 e. The lowest BCUT2D eigenvalue weighted by molar-refractivity contribution is -0.138. The molecule has 0 aromatic heterocycles. The largest absolute Gasteiger partial charge is 0.506 e. The van der Waals surface area contributed by atoms with Gasteiger partial charge in [0.05, 0.1) is 22.1 Å². The highest BCUT2D eigenvalue weighted by Crippen LogP contribution is 2.41. The van der Waals surface area contributed by atoms with Crippen LogP contribution in [-0.4, -0.2) is 28.6 Å². The lowest BCUT2D eigenvalue weighted by Crippen LogP contribution is -2.14. The quantitative estimate of drug-likeness (QED) is 0.275. The van der Waals surface area contributed by atoms with Gasteiger partial charge in [-0.05, 0) is 55.8 Å². The number of rotatable bonds is 7. The second kappa shape index (κ2) is 12.5. The molecule has 1 aliphatic rings. The normalized spacial score (nSPS) is 15.3. The molecule has 0 unspecified atom stereocenters. The predicted molar refractivity (Wildman–Crippen MR) is 155 cm³/mol. The molecule has 0 radical (unpaired) electrons. The lowest BCUT2D eigenvalue weighted by Gasteiger charge is -2.11. The zero-order valence-corrected chi connectivity index (χ0v) is 23.7. The van der Waals surface area contributed by atoms with Crippen molar-refractivity contribution in [2.24, 2.45) is 4.99 Å². The standard InChI is InChI=1S/C29H23BrClNO5S/c1-3-36-29(35)25-26(33)24(38-28(25)32-27(34)21-6-4-5-7-22(21)31)15-19-14-20(30)12-13-23(19)37-16-18-10-8-17(2)9-11-18/h4-15,33H,3,16H2,1-2H3/b24-15-,32-28?. The fourth-order valence-electron chi connectivity index (χ4n) is 3.53. The number of hydrogen-bond donors (Lipinski definition) is 1. The summed E-state index contributed by atoms with van der Waals surface area (Å²) in [6, 6.07) is 20.0. The summed E-state index contributed by atoms with van der Waals surface area (Å²) in [7, 11) is 0. The first-order chi connectivity index (χ1) is 18.3. The second-order valence-corrected chi connectivity index (χ2v) is 10.6. The maximum atomic E-state index is 12.9. The van der Waals surface area contributed by atoms with E-state index in [1.165, 1.54) is 6.07 Å². The average molecular weight is 613 g/mol. The number of ether oxygens (including phenoxy) is 2. The average Bonchev–Trinajstić information content (AvgIpc) is 3.19. The number of amides is 1. The highest BCUT2D eigenvalue weighted by Gasteiger charge is 2.34. The Balaban J connectivity index is 1.69. The van der Waals surface area contributed by atoms with Gasteiger partial charge >= 0.3 is 5.97 Å². The van der Waals surface area contributed by atoms with E-state index in [0.717, 1.165) is 27.4 Å². The number of carbonyl (C=O) groups is 2. The molecule has 194 valence electrons. The SMILES string of the molecule is CCOC(=O)C1=C(O)/C(=C/c2cc(Br)ccc2OCc2ccc(C)cc2)SC1=NC(=O)c1ccccc1Cl. The molecular formula is C29H23BrClNO5S. The van der Waals surface area contributed by atoms with Crippen LogP contribution in [0, 0.1) is 6.92 Å². The Morgan fingerprint density at radius 1 is 1.11 bits per heavy atom. The number of hydrogen-bond acceptors (Lipinski definition) is 6. The van der Waals surface area contributed by atoms with E-state index >= 15 is 0 Å². The fraction of sp³-hybridized carbons (Fsp3) is 0.138. The van der Waals surface area contributed by atoms with E-state index in [-0.39, 0.29) is 33.6 Å². The Morgan fingerprint density at radius 3 is 2.55 bits per heavy atom. The van der Waals surface area contributed by atoms with Gasteiger partial charge in [-0.3, -0.25) is 4.79 Å². The number of halogens is 2. The van der Waals surface area contributed by atoms with Crippen LogP contribution in [0.5, 0.6) is 5.75 Å². The van der Waals surface area contributed by atoms with Crippen LogP contribution in [-0.2, 0) is 16.1 Å².